The molecule has 3 unspecified atom stereocenters. The Balaban J connectivity index is 2.24. The van der Waals surface area contributed by atoms with E-state index >= 15 is 0 Å². The molecule has 2 N–H and O–H groups in total. The monoisotopic (exact) mass is 299 g/mol. The van der Waals surface area contributed by atoms with Crippen molar-refractivity contribution in [2.45, 2.75) is 77.9 Å². The zero-order chi connectivity index (χ0) is 16.1. The Hall–Kier alpha value is -0.610. The minimum atomic E-state index is -0.818. The largest absolute Gasteiger partial charge is 0.480 e. The Kier molecular flexibility index (Phi) is 6.67. The summed E-state index contributed by atoms with van der Waals surface area (Å²) in [7, 11) is 1.70. The number of carboxylic acids is 1. The summed E-state index contributed by atoms with van der Waals surface area (Å²) in [5.41, 5.74) is -0.433. The van der Waals surface area contributed by atoms with Crippen molar-refractivity contribution in [1.29, 1.82) is 0 Å². The molecule has 21 heavy (non-hydrogen) atoms. The van der Waals surface area contributed by atoms with Crippen molar-refractivity contribution in [3.8, 4) is 0 Å². The van der Waals surface area contributed by atoms with Gasteiger partial charge >= 0.3 is 5.97 Å². The van der Waals surface area contributed by atoms with Crippen LogP contribution in [-0.2, 0) is 9.53 Å². The van der Waals surface area contributed by atoms with E-state index in [1.54, 1.807) is 14.0 Å². The quantitative estimate of drug-likeness (QED) is 0.674. The third-order valence-corrected chi connectivity index (χ3v) is 4.80. The van der Waals surface area contributed by atoms with Gasteiger partial charge in [-0.15, -0.1) is 0 Å². The molecule has 1 rings (SSSR count). The van der Waals surface area contributed by atoms with Crippen LogP contribution in [0.1, 0.15) is 66.2 Å². The maximum atomic E-state index is 11.2. The predicted molar refractivity (Wildman–Crippen MR) is 85.5 cm³/mol. The number of carboxylic acid groups (broad SMARTS) is 1. The van der Waals surface area contributed by atoms with Gasteiger partial charge in [0.15, 0.2) is 0 Å². The molecule has 4 nitrogen and oxygen atoms in total. The van der Waals surface area contributed by atoms with E-state index in [9.17, 15) is 9.90 Å². The van der Waals surface area contributed by atoms with Gasteiger partial charge in [-0.3, -0.25) is 4.79 Å². The molecule has 4 heteroatoms. The summed E-state index contributed by atoms with van der Waals surface area (Å²) in [5.74, 6) is -0.0490. The van der Waals surface area contributed by atoms with Crippen molar-refractivity contribution in [3.63, 3.8) is 0 Å². The fourth-order valence-electron chi connectivity index (χ4n) is 3.55. The Bertz CT molecular complexity index is 343. The van der Waals surface area contributed by atoms with Crippen LogP contribution in [0.2, 0.25) is 0 Å². The van der Waals surface area contributed by atoms with E-state index in [1.165, 1.54) is 6.42 Å². The van der Waals surface area contributed by atoms with Crippen LogP contribution in [0, 0.1) is 11.3 Å². The molecule has 0 radical (unpaired) electrons. The summed E-state index contributed by atoms with van der Waals surface area (Å²) in [6, 6.07) is 0. The minimum absolute atomic E-state index is 0.374. The van der Waals surface area contributed by atoms with Crippen molar-refractivity contribution < 1.29 is 14.6 Å². The minimum Gasteiger partial charge on any atom is -0.480 e. The molecule has 1 saturated carbocycles. The fourth-order valence-corrected chi connectivity index (χ4v) is 3.55. The number of carbonyl (C=O) groups is 1. The number of unbranched alkanes of at least 4 members (excludes halogenated alkanes) is 1. The molecule has 1 aliphatic rings. The maximum Gasteiger partial charge on any atom is 0.323 e. The van der Waals surface area contributed by atoms with Crippen LogP contribution in [0.25, 0.3) is 0 Å². The van der Waals surface area contributed by atoms with Crippen molar-refractivity contribution in [2.75, 3.05) is 13.7 Å². The van der Waals surface area contributed by atoms with Crippen LogP contribution in [0.15, 0.2) is 0 Å². The Labute approximate surface area is 129 Å². The molecule has 0 heterocycles. The van der Waals surface area contributed by atoms with Crippen LogP contribution in [0.3, 0.4) is 0 Å². The molecule has 0 aromatic heterocycles. The van der Waals surface area contributed by atoms with E-state index in [-0.39, 0.29) is 0 Å². The van der Waals surface area contributed by atoms with E-state index in [1.807, 2.05) is 0 Å². The number of hydrogen-bond acceptors (Lipinski definition) is 3. The molecule has 1 fully saturated rings. The van der Waals surface area contributed by atoms with Crippen LogP contribution in [0.4, 0.5) is 0 Å². The number of nitrogens with one attached hydrogen (secondary N) is 1. The molecule has 0 spiro atoms. The molecule has 0 bridgehead atoms. The van der Waals surface area contributed by atoms with E-state index in [2.05, 4.69) is 26.1 Å². The molecule has 1 aliphatic carbocycles. The third-order valence-electron chi connectivity index (χ3n) is 4.80. The summed E-state index contributed by atoms with van der Waals surface area (Å²) in [6.07, 6.45) is 6.39. The SMILES string of the molecule is CNC(C)(CCCCOC1CC(C)CC(C)(C)C1)C(=O)O. The highest BCUT2D eigenvalue weighted by Gasteiger charge is 2.33. The second kappa shape index (κ2) is 7.59. The normalized spacial score (nSPS) is 28.0. The standard InChI is InChI=1S/C17H33NO3/c1-13-10-14(12-16(2,3)11-13)21-9-7-6-8-17(4,18-5)15(19)20/h13-14,18H,6-12H2,1-5H3,(H,19,20). The molecular weight excluding hydrogens is 266 g/mol. The highest BCUT2D eigenvalue weighted by molar-refractivity contribution is 5.78. The molecule has 0 aromatic carbocycles. The predicted octanol–water partition coefficient (Wildman–Crippen LogP) is 3.45. The zero-order valence-electron chi connectivity index (χ0n) is 14.4. The number of ether oxygens (including phenoxy) is 1. The molecule has 0 saturated heterocycles. The Morgan fingerprint density at radius 1 is 1.38 bits per heavy atom. The average Bonchev–Trinajstić information content (AvgIpc) is 2.35. The van der Waals surface area contributed by atoms with E-state index < -0.39 is 11.5 Å². The van der Waals surface area contributed by atoms with Crippen molar-refractivity contribution in [1.82, 2.24) is 5.32 Å². The van der Waals surface area contributed by atoms with Crippen LogP contribution >= 0.6 is 0 Å². The van der Waals surface area contributed by atoms with Gasteiger partial charge < -0.3 is 15.2 Å². The number of hydrogen-bond donors (Lipinski definition) is 2. The topological polar surface area (TPSA) is 58.6 Å². The maximum absolute atomic E-state index is 11.2. The first-order valence-corrected chi connectivity index (χ1v) is 8.22. The van der Waals surface area contributed by atoms with Gasteiger partial charge in [0.2, 0.25) is 0 Å². The molecule has 0 amide bonds. The Morgan fingerprint density at radius 2 is 2.05 bits per heavy atom. The van der Waals surface area contributed by atoms with Gasteiger partial charge in [0.1, 0.15) is 5.54 Å². The van der Waals surface area contributed by atoms with Gasteiger partial charge in [-0.05, 0) is 63.8 Å². The van der Waals surface area contributed by atoms with Gasteiger partial charge in [0, 0.05) is 6.61 Å². The first kappa shape index (κ1) is 18.4. The summed E-state index contributed by atoms with van der Waals surface area (Å²) in [5, 5.41) is 12.1. The lowest BCUT2D eigenvalue weighted by molar-refractivity contribution is -0.144. The van der Waals surface area contributed by atoms with Crippen LogP contribution in [-0.4, -0.2) is 36.4 Å². The third kappa shape index (κ3) is 5.95. The summed E-state index contributed by atoms with van der Waals surface area (Å²) < 4.78 is 6.03. The summed E-state index contributed by atoms with van der Waals surface area (Å²) >= 11 is 0. The fraction of sp³-hybridized carbons (Fsp3) is 0.941. The molecular formula is C17H33NO3. The summed E-state index contributed by atoms with van der Waals surface area (Å²) in [6.45, 7) is 9.44. The number of likely N-dealkylation sites (N-methyl/N-ethyl adjacent to an activating group) is 1. The van der Waals surface area contributed by atoms with E-state index in [0.29, 0.717) is 17.9 Å². The smallest absolute Gasteiger partial charge is 0.323 e. The second-order valence-electron chi connectivity index (χ2n) is 7.75. The average molecular weight is 299 g/mol. The lowest BCUT2D eigenvalue weighted by atomic mass is 9.71. The van der Waals surface area contributed by atoms with Crippen molar-refractivity contribution in [2.24, 2.45) is 11.3 Å². The van der Waals surface area contributed by atoms with Crippen molar-refractivity contribution in [3.05, 3.63) is 0 Å². The lowest BCUT2D eigenvalue weighted by Crippen LogP contribution is -2.47. The molecule has 3 atom stereocenters. The first-order chi connectivity index (χ1) is 9.68. The number of rotatable bonds is 8. The number of aliphatic carboxylic acids is 1. The first-order valence-electron chi connectivity index (χ1n) is 8.22. The Morgan fingerprint density at radius 3 is 2.57 bits per heavy atom. The van der Waals surface area contributed by atoms with Gasteiger partial charge in [0.05, 0.1) is 6.10 Å². The second-order valence-corrected chi connectivity index (χ2v) is 7.75. The highest BCUT2D eigenvalue weighted by Crippen LogP contribution is 2.39. The summed E-state index contributed by atoms with van der Waals surface area (Å²) in [4.78, 5) is 11.2. The lowest BCUT2D eigenvalue weighted by Gasteiger charge is -2.38. The molecule has 0 aliphatic heterocycles. The van der Waals surface area contributed by atoms with Crippen molar-refractivity contribution >= 4 is 5.97 Å². The van der Waals surface area contributed by atoms with Gasteiger partial charge in [-0.2, -0.15) is 0 Å². The zero-order valence-corrected chi connectivity index (χ0v) is 14.4. The van der Waals surface area contributed by atoms with Crippen LogP contribution in [0.5, 0.6) is 0 Å². The van der Waals surface area contributed by atoms with Gasteiger partial charge in [0.25, 0.3) is 0 Å². The highest BCUT2D eigenvalue weighted by atomic mass is 16.5. The van der Waals surface area contributed by atoms with Crippen LogP contribution < -0.4 is 5.32 Å². The molecule has 0 aromatic rings. The van der Waals surface area contributed by atoms with E-state index in [0.717, 1.165) is 38.2 Å². The molecule has 124 valence electrons. The van der Waals surface area contributed by atoms with Gasteiger partial charge in [-0.1, -0.05) is 20.8 Å². The van der Waals surface area contributed by atoms with E-state index in [4.69, 9.17) is 4.74 Å². The van der Waals surface area contributed by atoms with Gasteiger partial charge in [-0.25, -0.2) is 0 Å².